The molecule has 1 aromatic heterocycles. The number of hydrogen-bond donors (Lipinski definition) is 2. The van der Waals surface area contributed by atoms with Crippen LogP contribution in [0.15, 0.2) is 53.7 Å². The molecule has 8 heteroatoms. The quantitative estimate of drug-likeness (QED) is 0.606. The van der Waals surface area contributed by atoms with Gasteiger partial charge in [-0.25, -0.2) is 0 Å². The summed E-state index contributed by atoms with van der Waals surface area (Å²) in [6.07, 6.45) is 1.00. The van der Waals surface area contributed by atoms with Gasteiger partial charge in [0.2, 0.25) is 11.1 Å². The highest BCUT2D eigenvalue weighted by Crippen LogP contribution is 2.27. The highest BCUT2D eigenvalue weighted by atomic mass is 32.2. The third kappa shape index (κ3) is 4.65. The van der Waals surface area contributed by atoms with Crippen molar-refractivity contribution >= 4 is 23.4 Å². The molecule has 0 unspecified atom stereocenters. The molecule has 0 bridgehead atoms. The van der Waals surface area contributed by atoms with Crippen LogP contribution in [0.4, 0.5) is 5.69 Å². The maximum atomic E-state index is 12.4. The predicted molar refractivity (Wildman–Crippen MR) is 105 cm³/mol. The molecule has 2 aromatic carbocycles. The molecule has 0 aliphatic heterocycles. The van der Waals surface area contributed by atoms with Crippen LogP contribution in [0.1, 0.15) is 31.7 Å². The first-order valence-corrected chi connectivity index (χ1v) is 9.66. The van der Waals surface area contributed by atoms with Crippen LogP contribution in [-0.4, -0.2) is 37.0 Å². The number of phenolic OH excluding ortho intramolecular Hbond substituents is 1. The second-order valence-electron chi connectivity index (χ2n) is 6.12. The predicted octanol–water partition coefficient (Wildman–Crippen LogP) is 3.61. The molecular formula is C19H21N5O2S. The van der Waals surface area contributed by atoms with Crippen molar-refractivity contribution in [2.45, 2.75) is 31.3 Å². The number of carbonyl (C=O) groups is 1. The van der Waals surface area contributed by atoms with Gasteiger partial charge in [0.25, 0.3) is 0 Å². The number of hydrogen-bond acceptors (Lipinski definition) is 6. The number of benzene rings is 2. The molecule has 140 valence electrons. The van der Waals surface area contributed by atoms with Gasteiger partial charge in [0.1, 0.15) is 5.75 Å². The third-order valence-corrected chi connectivity index (χ3v) is 5.17. The Kier molecular flexibility index (Phi) is 6.08. The topological polar surface area (TPSA) is 92.9 Å². The fourth-order valence-electron chi connectivity index (χ4n) is 2.60. The lowest BCUT2D eigenvalue weighted by atomic mass is 9.97. The van der Waals surface area contributed by atoms with Crippen molar-refractivity contribution in [3.63, 3.8) is 0 Å². The van der Waals surface area contributed by atoms with Crippen LogP contribution < -0.4 is 5.32 Å². The van der Waals surface area contributed by atoms with Gasteiger partial charge in [-0.15, -0.1) is 5.10 Å². The minimum absolute atomic E-state index is 0.115. The zero-order valence-corrected chi connectivity index (χ0v) is 16.0. The Balaban J connectivity index is 1.66. The van der Waals surface area contributed by atoms with E-state index < -0.39 is 0 Å². The third-order valence-electron chi connectivity index (χ3n) is 4.25. The van der Waals surface area contributed by atoms with Gasteiger partial charge in [0.05, 0.1) is 11.4 Å². The first-order valence-electron chi connectivity index (χ1n) is 8.68. The van der Waals surface area contributed by atoms with Gasteiger partial charge in [-0.2, -0.15) is 4.68 Å². The minimum atomic E-state index is -0.115. The number of phenols is 1. The summed E-state index contributed by atoms with van der Waals surface area (Å²) >= 11 is 1.25. The molecule has 1 heterocycles. The van der Waals surface area contributed by atoms with Crippen molar-refractivity contribution < 1.29 is 9.90 Å². The fraction of sp³-hybridized carbons (Fsp3) is 0.263. The van der Waals surface area contributed by atoms with E-state index in [1.807, 2.05) is 24.3 Å². The Bertz CT molecular complexity index is 910. The van der Waals surface area contributed by atoms with Crippen LogP contribution in [-0.2, 0) is 4.79 Å². The van der Waals surface area contributed by atoms with Crippen molar-refractivity contribution in [2.75, 3.05) is 11.1 Å². The molecule has 0 saturated heterocycles. The van der Waals surface area contributed by atoms with Crippen molar-refractivity contribution in [3.05, 3.63) is 54.1 Å². The number of aromatic nitrogens is 4. The van der Waals surface area contributed by atoms with E-state index in [1.165, 1.54) is 16.4 Å². The molecule has 7 nitrogen and oxygen atoms in total. The van der Waals surface area contributed by atoms with Crippen LogP contribution in [0, 0.1) is 0 Å². The molecule has 0 aliphatic rings. The van der Waals surface area contributed by atoms with E-state index in [4.69, 9.17) is 0 Å². The number of para-hydroxylation sites is 1. The number of aromatic hydroxyl groups is 1. The number of thioether (sulfide) groups is 1. The summed E-state index contributed by atoms with van der Waals surface area (Å²) in [6.45, 7) is 4.27. The molecule has 1 atom stereocenters. The van der Waals surface area contributed by atoms with Crippen LogP contribution in [0.25, 0.3) is 5.69 Å². The molecule has 0 aliphatic carbocycles. The lowest BCUT2D eigenvalue weighted by molar-refractivity contribution is -0.113. The monoisotopic (exact) mass is 383 g/mol. The van der Waals surface area contributed by atoms with Gasteiger partial charge in [-0.05, 0) is 58.7 Å². The Morgan fingerprint density at radius 2 is 1.96 bits per heavy atom. The average Bonchev–Trinajstić information content (AvgIpc) is 3.15. The lowest BCUT2D eigenvalue weighted by Gasteiger charge is -2.15. The van der Waals surface area contributed by atoms with Crippen LogP contribution >= 0.6 is 11.8 Å². The largest absolute Gasteiger partial charge is 0.508 e. The maximum Gasteiger partial charge on any atom is 0.234 e. The van der Waals surface area contributed by atoms with E-state index in [2.05, 4.69) is 34.7 Å². The normalized spacial score (nSPS) is 11.9. The number of tetrazole rings is 1. The van der Waals surface area contributed by atoms with Crippen molar-refractivity contribution in [1.82, 2.24) is 20.2 Å². The standard InChI is InChI=1S/C19H21N5O2S/c1-3-13(2)16-6-4-5-7-17(16)20-18(26)12-27-19-21-22-23-24(19)14-8-10-15(25)11-9-14/h4-11,13,25H,3,12H2,1-2H3,(H,20,26)/t13-/m0/s1. The molecule has 3 aromatic rings. The molecule has 1 amide bonds. The highest BCUT2D eigenvalue weighted by Gasteiger charge is 2.14. The number of nitrogens with one attached hydrogen (secondary N) is 1. The molecule has 2 N–H and O–H groups in total. The first-order chi connectivity index (χ1) is 13.1. The Morgan fingerprint density at radius 1 is 1.22 bits per heavy atom. The van der Waals surface area contributed by atoms with E-state index in [0.717, 1.165) is 17.7 Å². The lowest BCUT2D eigenvalue weighted by Crippen LogP contribution is -2.16. The Morgan fingerprint density at radius 3 is 2.70 bits per heavy atom. The molecular weight excluding hydrogens is 362 g/mol. The van der Waals surface area contributed by atoms with E-state index >= 15 is 0 Å². The molecule has 0 fully saturated rings. The summed E-state index contributed by atoms with van der Waals surface area (Å²) in [7, 11) is 0. The molecule has 27 heavy (non-hydrogen) atoms. The van der Waals surface area contributed by atoms with Gasteiger partial charge in [0.15, 0.2) is 0 Å². The Hall–Kier alpha value is -2.87. The number of carbonyl (C=O) groups excluding carboxylic acids is 1. The maximum absolute atomic E-state index is 12.4. The van der Waals surface area contributed by atoms with Gasteiger partial charge >= 0.3 is 0 Å². The van der Waals surface area contributed by atoms with Crippen molar-refractivity contribution in [1.29, 1.82) is 0 Å². The number of rotatable bonds is 7. The minimum Gasteiger partial charge on any atom is -0.508 e. The van der Waals surface area contributed by atoms with Crippen molar-refractivity contribution in [2.24, 2.45) is 0 Å². The van der Waals surface area contributed by atoms with Gasteiger partial charge in [-0.1, -0.05) is 43.8 Å². The van der Waals surface area contributed by atoms with Crippen LogP contribution in [0.2, 0.25) is 0 Å². The highest BCUT2D eigenvalue weighted by molar-refractivity contribution is 7.99. The zero-order valence-electron chi connectivity index (χ0n) is 15.2. The zero-order chi connectivity index (χ0) is 19.2. The second-order valence-corrected chi connectivity index (χ2v) is 7.07. The fourth-order valence-corrected chi connectivity index (χ4v) is 3.29. The molecule has 0 spiro atoms. The number of nitrogens with zero attached hydrogens (tertiary/aromatic N) is 4. The summed E-state index contributed by atoms with van der Waals surface area (Å²) in [5, 5.41) is 24.5. The summed E-state index contributed by atoms with van der Waals surface area (Å²) in [5.74, 6) is 0.611. The van der Waals surface area contributed by atoms with E-state index in [0.29, 0.717) is 16.8 Å². The summed E-state index contributed by atoms with van der Waals surface area (Å²) in [6, 6.07) is 14.4. The molecule has 0 saturated carbocycles. The smallest absolute Gasteiger partial charge is 0.234 e. The SMILES string of the molecule is CC[C@H](C)c1ccccc1NC(=O)CSc1nnnn1-c1ccc(O)cc1. The van der Waals surface area contributed by atoms with Crippen molar-refractivity contribution in [3.8, 4) is 11.4 Å². The van der Waals surface area contributed by atoms with Gasteiger partial charge in [-0.3, -0.25) is 4.79 Å². The van der Waals surface area contributed by atoms with Gasteiger partial charge in [0, 0.05) is 5.69 Å². The summed E-state index contributed by atoms with van der Waals surface area (Å²) < 4.78 is 1.53. The average molecular weight is 383 g/mol. The van der Waals surface area contributed by atoms with Gasteiger partial charge < -0.3 is 10.4 Å². The first kappa shape index (κ1) is 18.9. The Labute approximate surface area is 161 Å². The van der Waals surface area contributed by atoms with Crippen LogP contribution in [0.3, 0.4) is 0 Å². The van der Waals surface area contributed by atoms with E-state index in [-0.39, 0.29) is 17.4 Å². The van der Waals surface area contributed by atoms with E-state index in [1.54, 1.807) is 24.3 Å². The summed E-state index contributed by atoms with van der Waals surface area (Å²) in [4.78, 5) is 12.4. The number of anilines is 1. The number of amides is 1. The summed E-state index contributed by atoms with van der Waals surface area (Å²) in [5.41, 5.74) is 2.69. The van der Waals surface area contributed by atoms with Crippen LogP contribution in [0.5, 0.6) is 5.75 Å². The second kappa shape index (κ2) is 8.68. The molecule has 0 radical (unpaired) electrons. The molecule has 3 rings (SSSR count). The van der Waals surface area contributed by atoms with E-state index in [9.17, 15) is 9.90 Å².